The van der Waals surface area contributed by atoms with E-state index in [1.807, 2.05) is 0 Å². The van der Waals surface area contributed by atoms with E-state index in [1.165, 1.54) is 128 Å². The van der Waals surface area contributed by atoms with Gasteiger partial charge in [-0.3, -0.25) is 0 Å². The van der Waals surface area contributed by atoms with E-state index < -0.39 is 35.0 Å². The van der Waals surface area contributed by atoms with Gasteiger partial charge in [0.25, 0.3) is 0 Å². The predicted molar refractivity (Wildman–Crippen MR) is 220 cm³/mol. The van der Waals surface area contributed by atoms with Gasteiger partial charge in [0.05, 0.1) is 35.5 Å². The molecule has 0 saturated heterocycles. The van der Waals surface area contributed by atoms with Gasteiger partial charge in [-0.15, -0.1) is 0 Å². The SMILES string of the molecule is CC(C)CCCCCCCCCCCCCCCOC(=O)c1cc(C(=O)O)c(C(=O)O)cc1C(=O)OCCCCCCCCCCCCCCCC(C)C. The zero-order valence-corrected chi connectivity index (χ0v) is 34.9. The van der Waals surface area contributed by atoms with Crippen LogP contribution in [0.3, 0.4) is 0 Å². The van der Waals surface area contributed by atoms with Gasteiger partial charge in [-0.2, -0.15) is 0 Å². The second-order valence-corrected chi connectivity index (χ2v) is 16.4. The first-order chi connectivity index (χ1) is 26.0. The number of unbranched alkanes of at least 4 members (excludes halogenated alkanes) is 24. The lowest BCUT2D eigenvalue weighted by molar-refractivity contribution is 0.0449. The van der Waals surface area contributed by atoms with Crippen LogP contribution in [0.4, 0.5) is 0 Å². The number of rotatable bonds is 36. The zero-order chi connectivity index (χ0) is 39.8. The standard InChI is InChI=1S/C46H78O8/c1-37(2)31-27-23-19-15-11-7-5-9-13-17-21-25-29-33-53-45(51)41-35-39(43(47)48)40(44(49)50)36-42(41)46(52)54-34-30-26-22-18-14-10-6-8-12-16-20-24-28-32-38(3)4/h35-38H,5-34H2,1-4H3,(H,47,48)(H,49,50). The van der Waals surface area contributed by atoms with E-state index in [0.29, 0.717) is 12.8 Å². The van der Waals surface area contributed by atoms with Gasteiger partial charge in [0, 0.05) is 0 Å². The fourth-order valence-corrected chi connectivity index (χ4v) is 6.97. The lowest BCUT2D eigenvalue weighted by Crippen LogP contribution is -2.19. The van der Waals surface area contributed by atoms with Crippen LogP contribution in [0.5, 0.6) is 0 Å². The Balaban J connectivity index is 2.34. The van der Waals surface area contributed by atoms with E-state index in [4.69, 9.17) is 9.47 Å². The quantitative estimate of drug-likeness (QED) is 0.0511. The maximum atomic E-state index is 13.0. The zero-order valence-electron chi connectivity index (χ0n) is 34.9. The average molecular weight is 759 g/mol. The summed E-state index contributed by atoms with van der Waals surface area (Å²) in [7, 11) is 0. The highest BCUT2D eigenvalue weighted by molar-refractivity contribution is 6.09. The van der Waals surface area contributed by atoms with Crippen molar-refractivity contribution in [3.8, 4) is 0 Å². The summed E-state index contributed by atoms with van der Waals surface area (Å²) in [6.07, 6.45) is 33.7. The minimum atomic E-state index is -1.51. The van der Waals surface area contributed by atoms with Crippen molar-refractivity contribution >= 4 is 23.9 Å². The van der Waals surface area contributed by atoms with Gasteiger partial charge >= 0.3 is 23.9 Å². The number of ether oxygens (including phenoxy) is 2. The number of carboxylic acid groups (broad SMARTS) is 2. The van der Waals surface area contributed by atoms with Crippen molar-refractivity contribution in [2.24, 2.45) is 11.8 Å². The first-order valence-corrected chi connectivity index (χ1v) is 22.0. The summed E-state index contributed by atoms with van der Waals surface area (Å²) < 4.78 is 10.8. The van der Waals surface area contributed by atoms with E-state index >= 15 is 0 Å². The molecule has 2 N–H and O–H groups in total. The molecule has 1 aromatic carbocycles. The molecule has 1 aromatic rings. The van der Waals surface area contributed by atoms with Crippen molar-refractivity contribution in [3.05, 3.63) is 34.4 Å². The molecule has 8 heteroatoms. The average Bonchev–Trinajstić information content (AvgIpc) is 3.13. The molecule has 8 nitrogen and oxygen atoms in total. The smallest absolute Gasteiger partial charge is 0.339 e. The highest BCUT2D eigenvalue weighted by atomic mass is 16.5. The van der Waals surface area contributed by atoms with Crippen LogP contribution in [0.2, 0.25) is 0 Å². The summed E-state index contributed by atoms with van der Waals surface area (Å²) in [6, 6.07) is 1.84. The number of carbonyl (C=O) groups excluding carboxylic acids is 2. The third-order valence-corrected chi connectivity index (χ3v) is 10.4. The van der Waals surface area contributed by atoms with Gasteiger partial charge in [0.15, 0.2) is 0 Å². The number of carbonyl (C=O) groups is 4. The van der Waals surface area contributed by atoms with Crippen molar-refractivity contribution < 1.29 is 38.9 Å². The molecule has 1 rings (SSSR count). The summed E-state index contributed by atoms with van der Waals surface area (Å²) in [5.41, 5.74) is -1.73. The molecule has 54 heavy (non-hydrogen) atoms. The van der Waals surface area contributed by atoms with Crippen molar-refractivity contribution in [3.63, 3.8) is 0 Å². The number of esters is 2. The molecule has 0 aromatic heterocycles. The first kappa shape index (κ1) is 49.1. The van der Waals surface area contributed by atoms with Gasteiger partial charge in [0.2, 0.25) is 0 Å². The third kappa shape index (κ3) is 25.2. The Morgan fingerprint density at radius 3 is 0.833 bits per heavy atom. The number of carboxylic acids is 2. The first-order valence-electron chi connectivity index (χ1n) is 22.0. The lowest BCUT2D eigenvalue weighted by Gasteiger charge is -2.13. The highest BCUT2D eigenvalue weighted by Gasteiger charge is 2.27. The number of benzene rings is 1. The van der Waals surface area contributed by atoms with E-state index in [-0.39, 0.29) is 24.3 Å². The summed E-state index contributed by atoms with van der Waals surface area (Å²) in [4.78, 5) is 49.7. The highest BCUT2D eigenvalue weighted by Crippen LogP contribution is 2.22. The van der Waals surface area contributed by atoms with Gasteiger partial charge in [-0.1, -0.05) is 195 Å². The maximum Gasteiger partial charge on any atom is 0.339 e. The molecule has 0 bridgehead atoms. The Morgan fingerprint density at radius 1 is 0.389 bits per heavy atom. The molecule has 0 aliphatic heterocycles. The molecule has 310 valence electrons. The monoisotopic (exact) mass is 759 g/mol. The van der Waals surface area contributed by atoms with E-state index in [0.717, 1.165) is 62.5 Å². The van der Waals surface area contributed by atoms with Gasteiger partial charge in [-0.25, -0.2) is 19.2 Å². The second-order valence-electron chi connectivity index (χ2n) is 16.4. The van der Waals surface area contributed by atoms with Crippen molar-refractivity contribution in [2.75, 3.05) is 13.2 Å². The molecule has 0 aliphatic carbocycles. The van der Waals surface area contributed by atoms with Crippen LogP contribution in [0.15, 0.2) is 12.1 Å². The van der Waals surface area contributed by atoms with Crippen LogP contribution in [0, 0.1) is 11.8 Å². The van der Waals surface area contributed by atoms with Crippen molar-refractivity contribution in [1.82, 2.24) is 0 Å². The topological polar surface area (TPSA) is 127 Å². The molecule has 0 spiro atoms. The molecule has 0 amide bonds. The lowest BCUT2D eigenvalue weighted by atomic mass is 9.98. The Morgan fingerprint density at radius 2 is 0.611 bits per heavy atom. The normalized spacial score (nSPS) is 11.4. The molecule has 0 heterocycles. The fraction of sp³-hybridized carbons (Fsp3) is 0.783. The second kappa shape index (κ2) is 32.4. The number of hydrogen-bond donors (Lipinski definition) is 2. The maximum absolute atomic E-state index is 13.0. The molecule has 0 atom stereocenters. The number of aromatic carboxylic acids is 2. The summed E-state index contributed by atoms with van der Waals surface area (Å²) in [5.74, 6) is -3.11. The van der Waals surface area contributed by atoms with E-state index in [9.17, 15) is 29.4 Å². The molecule has 0 aliphatic rings. The molecule has 0 radical (unpaired) electrons. The van der Waals surface area contributed by atoms with E-state index in [1.54, 1.807) is 0 Å². The fourth-order valence-electron chi connectivity index (χ4n) is 6.97. The Bertz CT molecular complexity index is 1070. The minimum absolute atomic E-state index is 0.131. The van der Waals surface area contributed by atoms with Crippen LogP contribution in [0.25, 0.3) is 0 Å². The summed E-state index contributed by atoms with van der Waals surface area (Å²) in [6.45, 7) is 9.42. The van der Waals surface area contributed by atoms with Gasteiger partial charge in [0.1, 0.15) is 0 Å². The largest absolute Gasteiger partial charge is 0.478 e. The Labute approximate surface area is 328 Å². The molecular formula is C46H78O8. The molecule has 0 saturated carbocycles. The van der Waals surface area contributed by atoms with Crippen LogP contribution < -0.4 is 0 Å². The molecule has 0 fully saturated rings. The van der Waals surface area contributed by atoms with Crippen LogP contribution in [0.1, 0.15) is 249 Å². The van der Waals surface area contributed by atoms with Crippen LogP contribution in [-0.2, 0) is 9.47 Å². The third-order valence-electron chi connectivity index (χ3n) is 10.4. The minimum Gasteiger partial charge on any atom is -0.478 e. The van der Waals surface area contributed by atoms with Gasteiger partial charge in [-0.05, 0) is 36.8 Å². The Kier molecular flexibility index (Phi) is 29.4. The number of hydrogen-bond acceptors (Lipinski definition) is 6. The van der Waals surface area contributed by atoms with Crippen LogP contribution in [-0.4, -0.2) is 47.3 Å². The van der Waals surface area contributed by atoms with Gasteiger partial charge < -0.3 is 19.7 Å². The van der Waals surface area contributed by atoms with Crippen molar-refractivity contribution in [1.29, 1.82) is 0 Å². The van der Waals surface area contributed by atoms with Crippen molar-refractivity contribution in [2.45, 2.75) is 207 Å². The van der Waals surface area contributed by atoms with Crippen LogP contribution >= 0.6 is 0 Å². The summed E-state index contributed by atoms with van der Waals surface area (Å²) >= 11 is 0. The Hall–Kier alpha value is -2.90. The van der Waals surface area contributed by atoms with E-state index in [2.05, 4.69) is 27.7 Å². The molecule has 0 unspecified atom stereocenters. The summed E-state index contributed by atoms with van der Waals surface area (Å²) in [5, 5.41) is 19.2. The molecular weight excluding hydrogens is 680 g/mol. The predicted octanol–water partition coefficient (Wildman–Crippen LogP) is 13.6.